The van der Waals surface area contributed by atoms with Crippen LogP contribution < -0.4 is 0 Å². The van der Waals surface area contributed by atoms with Gasteiger partial charge in [-0.05, 0) is 97.7 Å². The monoisotopic (exact) mass is 1180 g/mol. The fourth-order valence-electron chi connectivity index (χ4n) is 17.1. The topological polar surface area (TPSA) is 414 Å². The summed E-state index contributed by atoms with van der Waals surface area (Å²) in [6.45, 7) is 6.17. The highest BCUT2D eigenvalue weighted by molar-refractivity contribution is 5.16. The molecular weight excluding hydrogens is 1090 g/mol. The van der Waals surface area contributed by atoms with Gasteiger partial charge in [-0.15, -0.1) is 0 Å². The molecule has 0 aromatic rings. The van der Waals surface area contributed by atoms with Gasteiger partial charge in [-0.1, -0.05) is 27.7 Å². The van der Waals surface area contributed by atoms with Crippen LogP contribution in [0, 0.1) is 52.3 Å². The van der Waals surface area contributed by atoms with Crippen molar-refractivity contribution < 1.29 is 133 Å². The quantitative estimate of drug-likeness (QED) is 0.0769. The predicted octanol–water partition coefficient (Wildman–Crippen LogP) is -4.84. The second-order valence-corrected chi connectivity index (χ2v) is 26.4. The molecule has 11 aliphatic rings. The normalized spacial score (nSPS) is 57.9. The summed E-state index contributed by atoms with van der Waals surface area (Å²) < 4.78 is 73.1. The lowest BCUT2D eigenvalue weighted by atomic mass is 9.43. The Morgan fingerprint density at radius 2 is 0.988 bits per heavy atom. The summed E-state index contributed by atoms with van der Waals surface area (Å²) in [4.78, 5) is 0. The summed E-state index contributed by atoms with van der Waals surface area (Å²) in [5.41, 5.74) is -0.165. The van der Waals surface area contributed by atoms with Crippen LogP contribution in [0.15, 0.2) is 0 Å². The molecule has 36 atom stereocenters. The van der Waals surface area contributed by atoms with Gasteiger partial charge in [0.25, 0.3) is 0 Å². The van der Waals surface area contributed by atoms with Crippen LogP contribution in [0.2, 0.25) is 0 Å². The molecule has 15 N–H and O–H groups in total. The fourth-order valence-corrected chi connectivity index (χ4v) is 17.1. The van der Waals surface area contributed by atoms with Gasteiger partial charge in [0.05, 0.1) is 58.0 Å². The van der Waals surface area contributed by atoms with E-state index in [-0.39, 0.29) is 28.8 Å². The summed E-state index contributed by atoms with van der Waals surface area (Å²) in [5.74, 6) is 1.54. The van der Waals surface area contributed by atoms with E-state index in [0.29, 0.717) is 55.5 Å². The number of ether oxygens (including phenoxy) is 12. The molecule has 0 aromatic heterocycles. The molecule has 4 saturated carbocycles. The van der Waals surface area contributed by atoms with Crippen LogP contribution in [0.4, 0.5) is 0 Å². The Morgan fingerprint density at radius 3 is 1.61 bits per heavy atom. The van der Waals surface area contributed by atoms with Gasteiger partial charge in [0.2, 0.25) is 0 Å². The van der Waals surface area contributed by atoms with Gasteiger partial charge in [-0.3, -0.25) is 0 Å². The van der Waals surface area contributed by atoms with Gasteiger partial charge in [-0.2, -0.15) is 0 Å². The smallest absolute Gasteiger partial charge is 0.187 e. The highest BCUT2D eigenvalue weighted by atomic mass is 16.8. The molecule has 11 fully saturated rings. The molecule has 27 nitrogen and oxygen atoms in total. The lowest BCUT2D eigenvalue weighted by molar-refractivity contribution is -0.408. The van der Waals surface area contributed by atoms with Crippen LogP contribution in [0.25, 0.3) is 0 Å². The Morgan fingerprint density at radius 1 is 0.439 bits per heavy atom. The van der Waals surface area contributed by atoms with Crippen molar-refractivity contribution in [2.75, 3.05) is 39.6 Å². The van der Waals surface area contributed by atoms with E-state index in [4.69, 9.17) is 56.8 Å². The van der Waals surface area contributed by atoms with Crippen molar-refractivity contribution in [2.24, 2.45) is 52.3 Å². The highest BCUT2D eigenvalue weighted by Gasteiger charge is 2.70. The van der Waals surface area contributed by atoms with Crippen molar-refractivity contribution in [3.05, 3.63) is 0 Å². The van der Waals surface area contributed by atoms with Crippen LogP contribution in [-0.2, 0) is 56.8 Å². The van der Waals surface area contributed by atoms with Crippen LogP contribution in [0.3, 0.4) is 0 Å². The number of hydrogen-bond donors (Lipinski definition) is 15. The minimum Gasteiger partial charge on any atom is -0.394 e. The Balaban J connectivity index is 0.787. The minimum atomic E-state index is -2.12. The molecule has 0 bridgehead atoms. The maximum Gasteiger partial charge on any atom is 0.187 e. The summed E-state index contributed by atoms with van der Waals surface area (Å²) in [6.07, 6.45) is -35.5. The first-order chi connectivity index (χ1) is 39.0. The fraction of sp³-hybridized carbons (Fsp3) is 1.00. The highest BCUT2D eigenvalue weighted by Crippen LogP contribution is 2.71. The first kappa shape index (κ1) is 62.5. The van der Waals surface area contributed by atoms with Crippen LogP contribution in [0.5, 0.6) is 0 Å². The van der Waals surface area contributed by atoms with E-state index in [9.17, 15) is 76.6 Å². The van der Waals surface area contributed by atoms with E-state index in [1.165, 1.54) is 0 Å². The Hall–Kier alpha value is -1.08. The van der Waals surface area contributed by atoms with Crippen molar-refractivity contribution >= 4 is 0 Å². The van der Waals surface area contributed by atoms with Crippen molar-refractivity contribution in [1.82, 2.24) is 0 Å². The molecule has 7 aliphatic heterocycles. The summed E-state index contributed by atoms with van der Waals surface area (Å²) >= 11 is 0. The van der Waals surface area contributed by atoms with E-state index in [0.717, 1.165) is 38.5 Å². The SMILES string of the molecule is C[C@@H]1CC[C@@]2(OC1)O[C@H]1C[C@H]3[C@@H]4C[C@H](O)[C@H]5C[C@@H](O[C@@H]6O[C@H](CO)[C@@H](O[C@@H]7O[C@H](CO)[C@@H](O)[C@H](O[C@@H]8OC[C@@H](O)[C@H](O)[C@H]8O)[C@H]7O[C@@H]7O[C@H](CO)[C@@H](O)[C@H](O[C@@H]8OC[C@@H](O)[C@H](O)[C@H]8O)[C@H]7O)[C@H](O)[C@H]6O)CC[C@]5(C)[C@H]4CC[C@]3(C)[C@H]1[C@@H]2C. The summed E-state index contributed by atoms with van der Waals surface area (Å²) in [5, 5.41) is 165. The Labute approximate surface area is 475 Å². The summed E-state index contributed by atoms with van der Waals surface area (Å²) in [6, 6.07) is 0. The first-order valence-electron chi connectivity index (χ1n) is 29.7. The molecule has 0 aromatic carbocycles. The maximum atomic E-state index is 12.2. The molecule has 27 heteroatoms. The molecule has 1 spiro atoms. The van der Waals surface area contributed by atoms with Crippen LogP contribution in [0.1, 0.15) is 85.5 Å². The summed E-state index contributed by atoms with van der Waals surface area (Å²) in [7, 11) is 0. The minimum absolute atomic E-state index is 0.0533. The third-order valence-corrected chi connectivity index (χ3v) is 21.7. The lowest BCUT2D eigenvalue weighted by Gasteiger charge is -2.62. The van der Waals surface area contributed by atoms with E-state index < -0.39 is 192 Å². The largest absolute Gasteiger partial charge is 0.394 e. The third-order valence-electron chi connectivity index (χ3n) is 21.7. The molecule has 0 amide bonds. The average molecular weight is 1180 g/mol. The molecule has 7 saturated heterocycles. The molecule has 82 heavy (non-hydrogen) atoms. The van der Waals surface area contributed by atoms with E-state index in [2.05, 4.69) is 27.7 Å². The maximum absolute atomic E-state index is 12.2. The van der Waals surface area contributed by atoms with Crippen molar-refractivity contribution in [3.63, 3.8) is 0 Å². The third kappa shape index (κ3) is 10.9. The number of aliphatic hydroxyl groups is 15. The van der Waals surface area contributed by atoms with E-state index in [1.54, 1.807) is 0 Å². The van der Waals surface area contributed by atoms with Crippen molar-refractivity contribution in [3.8, 4) is 0 Å². The van der Waals surface area contributed by atoms with Crippen LogP contribution >= 0.6 is 0 Å². The average Bonchev–Trinajstić information content (AvgIpc) is 2.72. The number of aliphatic hydroxyl groups excluding tert-OH is 15. The molecule has 11 rings (SSSR count). The van der Waals surface area contributed by atoms with Gasteiger partial charge >= 0.3 is 0 Å². The zero-order chi connectivity index (χ0) is 58.6. The number of hydrogen-bond acceptors (Lipinski definition) is 27. The zero-order valence-electron chi connectivity index (χ0n) is 46.8. The Bertz CT molecular complexity index is 2130. The van der Waals surface area contributed by atoms with Gasteiger partial charge in [0, 0.05) is 12.3 Å². The van der Waals surface area contributed by atoms with E-state index >= 15 is 0 Å². The molecule has 7 heterocycles. The molecule has 472 valence electrons. The van der Waals surface area contributed by atoms with Crippen molar-refractivity contribution in [2.45, 2.75) is 251 Å². The molecular formula is C55H90O27. The van der Waals surface area contributed by atoms with Crippen LogP contribution in [-0.4, -0.2) is 282 Å². The van der Waals surface area contributed by atoms with Gasteiger partial charge < -0.3 is 133 Å². The molecule has 0 radical (unpaired) electrons. The Kier molecular flexibility index (Phi) is 18.6. The second-order valence-electron chi connectivity index (χ2n) is 26.4. The van der Waals surface area contributed by atoms with Gasteiger partial charge in [0.15, 0.2) is 37.2 Å². The predicted molar refractivity (Wildman–Crippen MR) is 270 cm³/mol. The van der Waals surface area contributed by atoms with Crippen molar-refractivity contribution in [1.29, 1.82) is 0 Å². The molecule has 0 unspecified atom stereocenters. The molecule has 4 aliphatic carbocycles. The number of fused-ring (bicyclic) bond motifs is 7. The first-order valence-corrected chi connectivity index (χ1v) is 29.7. The van der Waals surface area contributed by atoms with E-state index in [1.807, 2.05) is 0 Å². The number of rotatable bonds is 13. The van der Waals surface area contributed by atoms with Gasteiger partial charge in [0.1, 0.15) is 110 Å². The van der Waals surface area contributed by atoms with Gasteiger partial charge in [-0.25, -0.2) is 0 Å². The second kappa shape index (κ2) is 24.4. The lowest BCUT2D eigenvalue weighted by Crippen LogP contribution is -2.69. The zero-order valence-corrected chi connectivity index (χ0v) is 46.8. The standard InChI is InChI=1S/C55H90O27/c1-20-5-10-55(73-17-20)21(2)34-30(82-55)13-25-23-12-27(59)26-11-22(6-8-53(26,3)24(23)7-9-54(25,34)4)74-50-42(69)39(66)44(33(16-58)77-50)78-52-47(46(38(65)32(15-57)76-52)80-49-41(68)36(63)29(61)19-72-49)81-51-43(70)45(37(64)31(14-56)75-51)79-48-40(67)35(62)28(60)18-71-48/h20-52,56-70H,5-19H2,1-4H3/t20-,21+,22+,23-,24+,25+,26-,27+,28-,29-,30+,31-,32-,33-,34+,35+,36+,37-,38-,39-,40-,41-,42-,43-,44-,45+,46+,47-,48+,49+,50-,51+,52+,53-,54+,55-/m1/s1.